The summed E-state index contributed by atoms with van der Waals surface area (Å²) in [6.07, 6.45) is 0. The molecule has 0 fully saturated rings. The Hall–Kier alpha value is -0.900. The van der Waals surface area contributed by atoms with Crippen molar-refractivity contribution in [2.24, 2.45) is 0 Å². The lowest BCUT2D eigenvalue weighted by molar-refractivity contribution is 0.625. The van der Waals surface area contributed by atoms with Crippen molar-refractivity contribution in [1.82, 2.24) is 5.32 Å². The Morgan fingerprint density at radius 1 is 1.11 bits per heavy atom. The van der Waals surface area contributed by atoms with E-state index in [-0.39, 0.29) is 10.8 Å². The van der Waals surface area contributed by atoms with Gasteiger partial charge in [-0.15, -0.1) is 0 Å². The zero-order valence-electron chi connectivity index (χ0n) is 10.5. The van der Waals surface area contributed by atoms with Gasteiger partial charge in [-0.25, -0.2) is 4.39 Å². The number of hydrogen-bond acceptors (Lipinski definition) is 1. The maximum absolute atomic E-state index is 13.0. The topological polar surface area (TPSA) is 12.0 Å². The van der Waals surface area contributed by atoms with Gasteiger partial charge in [0, 0.05) is 17.6 Å². The first-order valence-corrected chi connectivity index (χ1v) is 7.13. The summed E-state index contributed by atoms with van der Waals surface area (Å²) < 4.78 is 14.1. The van der Waals surface area contributed by atoms with Crippen molar-refractivity contribution >= 4 is 27.5 Å². The summed E-state index contributed by atoms with van der Waals surface area (Å²) in [6, 6.07) is 11.0. The van der Waals surface area contributed by atoms with Crippen LogP contribution in [0.2, 0.25) is 5.02 Å². The highest BCUT2D eigenvalue weighted by atomic mass is 79.9. The maximum Gasteiger partial charge on any atom is 0.141 e. The molecule has 0 saturated heterocycles. The molecule has 0 aliphatic rings. The molecule has 2 aromatic rings. The van der Waals surface area contributed by atoms with E-state index in [1.807, 2.05) is 0 Å². The van der Waals surface area contributed by atoms with Crippen LogP contribution < -0.4 is 5.32 Å². The SMILES string of the molecule is Cc1ccc(CNCc2ccc(F)c(Cl)c2)cc1Br. The van der Waals surface area contributed by atoms with Crippen LogP contribution in [0.15, 0.2) is 40.9 Å². The van der Waals surface area contributed by atoms with Gasteiger partial charge in [0.15, 0.2) is 0 Å². The van der Waals surface area contributed by atoms with E-state index in [4.69, 9.17) is 11.6 Å². The van der Waals surface area contributed by atoms with Gasteiger partial charge in [-0.1, -0.05) is 45.7 Å². The van der Waals surface area contributed by atoms with Crippen LogP contribution in [0.5, 0.6) is 0 Å². The minimum Gasteiger partial charge on any atom is -0.309 e. The molecular formula is C15H14BrClFN. The molecule has 0 atom stereocenters. The molecule has 19 heavy (non-hydrogen) atoms. The van der Waals surface area contributed by atoms with Gasteiger partial charge < -0.3 is 5.32 Å². The van der Waals surface area contributed by atoms with Gasteiger partial charge in [-0.2, -0.15) is 0 Å². The summed E-state index contributed by atoms with van der Waals surface area (Å²) in [7, 11) is 0. The van der Waals surface area contributed by atoms with Crippen LogP contribution in [-0.2, 0) is 13.1 Å². The van der Waals surface area contributed by atoms with E-state index in [2.05, 4.69) is 46.4 Å². The van der Waals surface area contributed by atoms with E-state index in [0.717, 1.165) is 16.6 Å². The molecule has 0 unspecified atom stereocenters. The van der Waals surface area contributed by atoms with Crippen LogP contribution in [0.3, 0.4) is 0 Å². The highest BCUT2D eigenvalue weighted by molar-refractivity contribution is 9.10. The number of rotatable bonds is 4. The van der Waals surface area contributed by atoms with E-state index >= 15 is 0 Å². The lowest BCUT2D eigenvalue weighted by atomic mass is 10.1. The van der Waals surface area contributed by atoms with Crippen molar-refractivity contribution in [1.29, 1.82) is 0 Å². The Morgan fingerprint density at radius 2 is 1.74 bits per heavy atom. The predicted molar refractivity (Wildman–Crippen MR) is 80.8 cm³/mol. The summed E-state index contributed by atoms with van der Waals surface area (Å²) in [5.41, 5.74) is 3.39. The minimum atomic E-state index is -0.382. The zero-order valence-corrected chi connectivity index (χ0v) is 12.9. The van der Waals surface area contributed by atoms with Crippen LogP contribution in [0.1, 0.15) is 16.7 Å². The van der Waals surface area contributed by atoms with E-state index in [1.54, 1.807) is 12.1 Å². The van der Waals surface area contributed by atoms with Gasteiger partial charge in [0.1, 0.15) is 5.82 Å². The molecule has 0 aliphatic carbocycles. The molecule has 2 rings (SSSR count). The lowest BCUT2D eigenvalue weighted by Gasteiger charge is -2.07. The third-order valence-corrected chi connectivity index (χ3v) is 4.02. The van der Waals surface area contributed by atoms with E-state index in [1.165, 1.54) is 17.2 Å². The molecule has 100 valence electrons. The van der Waals surface area contributed by atoms with Gasteiger partial charge in [-0.3, -0.25) is 0 Å². The molecule has 0 aromatic heterocycles. The third-order valence-electron chi connectivity index (χ3n) is 2.88. The highest BCUT2D eigenvalue weighted by Gasteiger charge is 2.01. The number of halogens is 3. The van der Waals surface area contributed by atoms with Crippen LogP contribution in [0.25, 0.3) is 0 Å². The molecule has 1 nitrogen and oxygen atoms in total. The molecule has 0 heterocycles. The molecule has 0 bridgehead atoms. The van der Waals surface area contributed by atoms with E-state index in [0.29, 0.717) is 6.54 Å². The number of hydrogen-bond donors (Lipinski definition) is 1. The first-order valence-electron chi connectivity index (χ1n) is 5.96. The normalized spacial score (nSPS) is 10.7. The lowest BCUT2D eigenvalue weighted by Crippen LogP contribution is -2.12. The molecule has 0 spiro atoms. The summed E-state index contributed by atoms with van der Waals surface area (Å²) in [5.74, 6) is -0.382. The zero-order chi connectivity index (χ0) is 13.8. The van der Waals surface area contributed by atoms with Crippen molar-refractivity contribution in [3.8, 4) is 0 Å². The van der Waals surface area contributed by atoms with E-state index in [9.17, 15) is 4.39 Å². The standard InChI is InChI=1S/C15H14BrClFN/c1-10-2-3-11(6-13(10)16)8-19-9-12-4-5-15(18)14(17)7-12/h2-7,19H,8-9H2,1H3. The molecule has 0 radical (unpaired) electrons. The first-order chi connectivity index (χ1) is 9.06. The summed E-state index contributed by atoms with van der Waals surface area (Å²) in [5, 5.41) is 3.47. The van der Waals surface area contributed by atoms with Crippen molar-refractivity contribution in [2.75, 3.05) is 0 Å². The Labute approximate surface area is 125 Å². The second-order valence-corrected chi connectivity index (χ2v) is 5.70. The van der Waals surface area contributed by atoms with Crippen LogP contribution in [0, 0.1) is 12.7 Å². The molecular weight excluding hydrogens is 329 g/mol. The first kappa shape index (κ1) is 14.5. The van der Waals surface area contributed by atoms with Gasteiger partial charge in [0.25, 0.3) is 0 Å². The second kappa shape index (κ2) is 6.51. The fraction of sp³-hybridized carbons (Fsp3) is 0.200. The Kier molecular flexibility index (Phi) is 4.97. The monoisotopic (exact) mass is 341 g/mol. The maximum atomic E-state index is 13.0. The van der Waals surface area contributed by atoms with Gasteiger partial charge >= 0.3 is 0 Å². The smallest absolute Gasteiger partial charge is 0.141 e. The molecule has 0 saturated carbocycles. The van der Waals surface area contributed by atoms with E-state index < -0.39 is 0 Å². The Bertz CT molecular complexity index is 535. The van der Waals surface area contributed by atoms with Crippen LogP contribution in [-0.4, -0.2) is 0 Å². The number of nitrogens with one attached hydrogen (secondary N) is 1. The number of benzene rings is 2. The third kappa shape index (κ3) is 4.03. The van der Waals surface area contributed by atoms with Crippen molar-refractivity contribution in [3.63, 3.8) is 0 Å². The Balaban J connectivity index is 1.92. The van der Waals surface area contributed by atoms with Gasteiger partial charge in [0.05, 0.1) is 5.02 Å². The molecule has 4 heteroatoms. The molecule has 1 N–H and O–H groups in total. The summed E-state index contributed by atoms with van der Waals surface area (Å²) in [6.45, 7) is 3.47. The fourth-order valence-corrected chi connectivity index (χ4v) is 2.38. The summed E-state index contributed by atoms with van der Waals surface area (Å²) >= 11 is 9.25. The second-order valence-electron chi connectivity index (χ2n) is 4.44. The largest absolute Gasteiger partial charge is 0.309 e. The average molecular weight is 343 g/mol. The van der Waals surface area contributed by atoms with Crippen LogP contribution in [0.4, 0.5) is 4.39 Å². The average Bonchev–Trinajstić information content (AvgIpc) is 2.38. The summed E-state index contributed by atoms with van der Waals surface area (Å²) in [4.78, 5) is 0. The predicted octanol–water partition coefficient (Wildman–Crippen LogP) is 4.84. The van der Waals surface area contributed by atoms with Gasteiger partial charge in [0.2, 0.25) is 0 Å². The van der Waals surface area contributed by atoms with Gasteiger partial charge in [-0.05, 0) is 41.8 Å². The Morgan fingerprint density at radius 3 is 2.37 bits per heavy atom. The molecule has 0 aliphatic heterocycles. The van der Waals surface area contributed by atoms with Crippen molar-refractivity contribution < 1.29 is 4.39 Å². The highest BCUT2D eigenvalue weighted by Crippen LogP contribution is 2.18. The van der Waals surface area contributed by atoms with Crippen LogP contribution >= 0.6 is 27.5 Å². The fourth-order valence-electron chi connectivity index (χ4n) is 1.75. The molecule has 2 aromatic carbocycles. The van der Waals surface area contributed by atoms with Crippen molar-refractivity contribution in [3.05, 3.63) is 68.4 Å². The van der Waals surface area contributed by atoms with Crippen molar-refractivity contribution in [2.45, 2.75) is 20.0 Å². The number of aryl methyl sites for hydroxylation is 1. The quantitative estimate of drug-likeness (QED) is 0.838. The minimum absolute atomic E-state index is 0.164. The molecule has 0 amide bonds.